The maximum atomic E-state index is 12.2. The van der Waals surface area contributed by atoms with E-state index in [1.165, 1.54) is 18.4 Å². The third-order valence-corrected chi connectivity index (χ3v) is 7.99. The molecule has 190 valence electrons. The summed E-state index contributed by atoms with van der Waals surface area (Å²) in [5, 5.41) is 20.4. The highest BCUT2D eigenvalue weighted by atomic mass is 31.3. The van der Waals surface area contributed by atoms with Gasteiger partial charge in [0.1, 0.15) is 24.1 Å². The molecule has 1 aliphatic rings. The molecule has 34 heavy (non-hydrogen) atoms. The minimum atomic E-state index is -5.77. The van der Waals surface area contributed by atoms with E-state index in [0.29, 0.717) is 4.57 Å². The van der Waals surface area contributed by atoms with Crippen LogP contribution >= 0.6 is 23.5 Å². The first kappa shape index (κ1) is 26.8. The molecule has 1 aliphatic heterocycles. The van der Waals surface area contributed by atoms with Gasteiger partial charge in [-0.3, -0.25) is 18.9 Å². The van der Waals surface area contributed by atoms with Gasteiger partial charge in [-0.05, 0) is 12.1 Å². The molecule has 0 aliphatic carbocycles. The van der Waals surface area contributed by atoms with Gasteiger partial charge in [-0.15, -0.1) is 0 Å². The van der Waals surface area contributed by atoms with Crippen molar-refractivity contribution in [1.29, 1.82) is 0 Å². The van der Waals surface area contributed by atoms with Crippen LogP contribution in [0.3, 0.4) is 0 Å². The van der Waals surface area contributed by atoms with Crippen molar-refractivity contribution in [2.45, 2.75) is 24.5 Å². The van der Waals surface area contributed by atoms with E-state index >= 15 is 0 Å². The zero-order chi connectivity index (χ0) is 25.5. The molecule has 2 aromatic rings. The maximum absolute atomic E-state index is 12.2. The average molecular weight is 550 g/mol. The second-order valence-electron chi connectivity index (χ2n) is 6.62. The number of rotatable bonds is 9. The molecule has 3 rings (SSSR count). The second-order valence-corrected chi connectivity index (χ2v) is 11.0. The quantitative estimate of drug-likeness (QED) is 0.180. The fourth-order valence-electron chi connectivity index (χ4n) is 2.85. The first-order chi connectivity index (χ1) is 15.6. The Hall–Kier alpha value is -1.75. The summed E-state index contributed by atoms with van der Waals surface area (Å²) >= 11 is 0. The van der Waals surface area contributed by atoms with Gasteiger partial charge in [0.25, 0.3) is 5.56 Å². The molecule has 6 atom stereocenters. The Morgan fingerprint density at radius 2 is 1.71 bits per heavy atom. The molecule has 1 fully saturated rings. The molecule has 0 spiro atoms. The second kappa shape index (κ2) is 9.72. The number of aliphatic hydroxyl groups excluding tert-OH is 2. The highest BCUT2D eigenvalue weighted by molar-refractivity contribution is 7.66. The van der Waals surface area contributed by atoms with Gasteiger partial charge in [0.15, 0.2) is 6.23 Å². The standard InChI is InChI=1S/C13H17N2O16P3/c16-9-8(5-28-33(23,24)31-34(25,26)30-32(20,21)22)29-12(10(9)17)15-4-6(7-2-1-3-27-7)11(18)14-13(15)19/h1-4,8-10,12,16-17H,5H2,(H,23,24)(H,25,26)(H,14,18,19)(H2,20,21,22)/t8-,9-,10-,12-/m1/s1. The zero-order valence-electron chi connectivity index (χ0n) is 16.4. The number of aromatic amines is 1. The van der Waals surface area contributed by atoms with E-state index in [1.54, 1.807) is 0 Å². The van der Waals surface area contributed by atoms with Crippen LogP contribution in [0.1, 0.15) is 6.23 Å². The minimum Gasteiger partial charge on any atom is -0.464 e. The Kier molecular flexibility index (Phi) is 7.67. The van der Waals surface area contributed by atoms with E-state index in [1.807, 2.05) is 4.98 Å². The number of hydrogen-bond acceptors (Lipinski definition) is 12. The number of phosphoric acid groups is 3. The SMILES string of the molecule is O=c1[nH]c(=O)n([C@@H]2O[C@H](COP(=O)(O)OP(=O)(O)OP(=O)(O)O)[C@@H](O)[C@H]2O)cc1-c1ccco1. The highest BCUT2D eigenvalue weighted by Crippen LogP contribution is 2.66. The molecular formula is C13H17N2O16P3. The van der Waals surface area contributed by atoms with E-state index < -0.39 is 65.9 Å². The largest absolute Gasteiger partial charge is 0.490 e. The number of aliphatic hydroxyl groups is 2. The van der Waals surface area contributed by atoms with Crippen LogP contribution < -0.4 is 11.2 Å². The van der Waals surface area contributed by atoms with Crippen molar-refractivity contribution in [3.05, 3.63) is 45.4 Å². The van der Waals surface area contributed by atoms with Crippen LogP contribution in [0.5, 0.6) is 0 Å². The highest BCUT2D eigenvalue weighted by Gasteiger charge is 2.47. The summed E-state index contributed by atoms with van der Waals surface area (Å²) in [6.07, 6.45) is -4.71. The van der Waals surface area contributed by atoms with Crippen molar-refractivity contribution in [2.75, 3.05) is 6.61 Å². The van der Waals surface area contributed by atoms with Crippen LogP contribution in [0.25, 0.3) is 11.3 Å². The Bertz CT molecular complexity index is 1280. The van der Waals surface area contributed by atoms with Gasteiger partial charge in [0.05, 0.1) is 18.4 Å². The topological polar surface area (TPSA) is 278 Å². The fraction of sp³-hybridized carbons (Fsp3) is 0.385. The monoisotopic (exact) mass is 550 g/mol. The zero-order valence-corrected chi connectivity index (χ0v) is 19.1. The number of hydrogen-bond donors (Lipinski definition) is 7. The molecule has 2 unspecified atom stereocenters. The van der Waals surface area contributed by atoms with Crippen LogP contribution in [0, 0.1) is 0 Å². The Balaban J connectivity index is 1.75. The molecule has 21 heteroatoms. The Morgan fingerprint density at radius 1 is 1.03 bits per heavy atom. The molecule has 1 saturated heterocycles. The summed E-state index contributed by atoms with van der Waals surface area (Å²) in [5.74, 6) is 0.0623. The first-order valence-corrected chi connectivity index (χ1v) is 13.3. The van der Waals surface area contributed by atoms with E-state index in [-0.39, 0.29) is 11.3 Å². The van der Waals surface area contributed by atoms with E-state index in [9.17, 15) is 38.4 Å². The lowest BCUT2D eigenvalue weighted by atomic mass is 10.1. The normalized spacial score (nSPS) is 26.8. The van der Waals surface area contributed by atoms with Gasteiger partial charge in [-0.25, -0.2) is 18.5 Å². The number of H-pyrrole nitrogens is 1. The van der Waals surface area contributed by atoms with Crippen molar-refractivity contribution in [3.63, 3.8) is 0 Å². The third-order valence-electron chi connectivity index (χ3n) is 4.18. The lowest BCUT2D eigenvalue weighted by Gasteiger charge is -2.19. The number of nitrogens with one attached hydrogen (secondary N) is 1. The van der Waals surface area contributed by atoms with Crippen molar-refractivity contribution < 1.29 is 65.8 Å². The van der Waals surface area contributed by atoms with Crippen LogP contribution in [0.4, 0.5) is 0 Å². The lowest BCUT2D eigenvalue weighted by Crippen LogP contribution is -2.38. The Morgan fingerprint density at radius 3 is 2.29 bits per heavy atom. The first-order valence-electron chi connectivity index (χ1n) is 8.78. The fourth-order valence-corrected chi connectivity index (χ4v) is 5.88. The van der Waals surface area contributed by atoms with Crippen molar-refractivity contribution >= 4 is 23.5 Å². The van der Waals surface area contributed by atoms with Gasteiger partial charge in [-0.2, -0.15) is 8.62 Å². The number of ether oxygens (including phenoxy) is 1. The number of furan rings is 1. The average Bonchev–Trinajstić information content (AvgIpc) is 3.28. The summed E-state index contributed by atoms with van der Waals surface area (Å²) in [4.78, 5) is 61.9. The summed E-state index contributed by atoms with van der Waals surface area (Å²) < 4.78 is 56.3. The maximum Gasteiger partial charge on any atom is 0.490 e. The summed E-state index contributed by atoms with van der Waals surface area (Å²) in [5.41, 5.74) is -2.01. The summed E-state index contributed by atoms with van der Waals surface area (Å²) in [7, 11) is -16.9. The predicted octanol–water partition coefficient (Wildman–Crippen LogP) is -1.24. The molecule has 0 saturated carbocycles. The predicted molar refractivity (Wildman–Crippen MR) is 105 cm³/mol. The molecule has 0 radical (unpaired) electrons. The van der Waals surface area contributed by atoms with Crippen LogP contribution in [-0.2, 0) is 31.6 Å². The lowest BCUT2D eigenvalue weighted by molar-refractivity contribution is -0.0541. The van der Waals surface area contributed by atoms with E-state index in [4.69, 9.17) is 23.8 Å². The van der Waals surface area contributed by atoms with Crippen molar-refractivity contribution in [1.82, 2.24) is 9.55 Å². The molecule has 7 N–H and O–H groups in total. The molecule has 18 nitrogen and oxygen atoms in total. The van der Waals surface area contributed by atoms with Gasteiger partial charge in [-0.1, -0.05) is 0 Å². The van der Waals surface area contributed by atoms with Crippen LogP contribution in [0.2, 0.25) is 0 Å². The van der Waals surface area contributed by atoms with Crippen molar-refractivity contribution in [3.8, 4) is 11.3 Å². The van der Waals surface area contributed by atoms with E-state index in [0.717, 1.165) is 6.20 Å². The minimum absolute atomic E-state index is 0.0623. The smallest absolute Gasteiger partial charge is 0.464 e. The van der Waals surface area contributed by atoms with Gasteiger partial charge in [0, 0.05) is 6.20 Å². The molecule has 2 aromatic heterocycles. The van der Waals surface area contributed by atoms with Gasteiger partial charge < -0.3 is 38.9 Å². The molecule has 3 heterocycles. The van der Waals surface area contributed by atoms with Gasteiger partial charge >= 0.3 is 29.2 Å². The Labute approximate surface area is 187 Å². The summed E-state index contributed by atoms with van der Waals surface area (Å²) in [6.45, 7) is -1.08. The summed E-state index contributed by atoms with van der Waals surface area (Å²) in [6, 6.07) is 2.87. The van der Waals surface area contributed by atoms with Gasteiger partial charge in [0.2, 0.25) is 0 Å². The number of nitrogens with zero attached hydrogens (tertiary/aromatic N) is 1. The van der Waals surface area contributed by atoms with Crippen LogP contribution in [-0.4, -0.2) is 64.3 Å². The van der Waals surface area contributed by atoms with E-state index in [2.05, 4.69) is 13.1 Å². The van der Waals surface area contributed by atoms with Crippen molar-refractivity contribution in [2.24, 2.45) is 0 Å². The molecule has 0 amide bonds. The third kappa shape index (κ3) is 6.47. The molecule has 0 bridgehead atoms. The number of aromatic nitrogens is 2. The van der Waals surface area contributed by atoms with Crippen LogP contribution in [0.15, 0.2) is 38.6 Å². The number of phosphoric ester groups is 1. The molecule has 0 aromatic carbocycles. The molecular weight excluding hydrogens is 533 g/mol.